The Balaban J connectivity index is 2.42. The lowest BCUT2D eigenvalue weighted by Crippen LogP contribution is -2.15. The number of carboxylic acid groups (broad SMARTS) is 1. The number of carbonyl (C=O) groups is 1. The summed E-state index contributed by atoms with van der Waals surface area (Å²) >= 11 is 0. The minimum atomic E-state index is -3.86. The normalized spacial score (nSPS) is 11.3. The van der Waals surface area contributed by atoms with E-state index in [0.29, 0.717) is 0 Å². The number of nitrogens with zero attached hydrogens (tertiary/aromatic N) is 2. The quantitative estimate of drug-likeness (QED) is 0.883. The first-order valence-electron chi connectivity index (χ1n) is 5.65. The molecular weight excluding hydrogens is 282 g/mol. The van der Waals surface area contributed by atoms with E-state index in [4.69, 9.17) is 5.11 Å². The second-order valence-corrected chi connectivity index (χ2v) is 5.99. The minimum absolute atomic E-state index is 0.0203. The van der Waals surface area contributed by atoms with Gasteiger partial charge in [-0.3, -0.25) is 9.40 Å². The van der Waals surface area contributed by atoms with Crippen LogP contribution in [-0.4, -0.2) is 29.3 Å². The summed E-state index contributed by atoms with van der Waals surface area (Å²) < 4.78 is 27.8. The zero-order chi connectivity index (χ0) is 14.9. The first-order valence-corrected chi connectivity index (χ1v) is 7.13. The number of hydrogen-bond donors (Lipinski definition) is 2. The van der Waals surface area contributed by atoms with Crippen molar-refractivity contribution in [2.45, 2.75) is 11.8 Å². The number of anilines is 1. The van der Waals surface area contributed by atoms with Crippen LogP contribution in [0.15, 0.2) is 35.5 Å². The molecule has 7 nitrogen and oxygen atoms in total. The molecule has 0 amide bonds. The van der Waals surface area contributed by atoms with Crippen molar-refractivity contribution in [2.24, 2.45) is 7.05 Å². The number of rotatable bonds is 4. The summed E-state index contributed by atoms with van der Waals surface area (Å²) in [7, 11) is -2.27. The van der Waals surface area contributed by atoms with Gasteiger partial charge in [0.25, 0.3) is 10.0 Å². The van der Waals surface area contributed by atoms with E-state index in [9.17, 15) is 13.2 Å². The van der Waals surface area contributed by atoms with Crippen molar-refractivity contribution in [1.29, 1.82) is 0 Å². The number of benzene rings is 1. The molecule has 0 radical (unpaired) electrons. The Bertz CT molecular complexity index is 765. The standard InChI is InChI=1S/C12H13N3O4S/c1-8-3-4-11(10(5-8)12(16)17)14-20(18,19)9-6-13-15(2)7-9/h3-7,14H,1-2H3,(H,16,17). The van der Waals surface area contributed by atoms with Gasteiger partial charge in [0.15, 0.2) is 0 Å². The Hall–Kier alpha value is -2.35. The molecule has 20 heavy (non-hydrogen) atoms. The van der Waals surface area contributed by atoms with Crippen molar-refractivity contribution >= 4 is 21.7 Å². The summed E-state index contributed by atoms with van der Waals surface area (Å²) in [5, 5.41) is 12.9. The van der Waals surface area contributed by atoms with Crippen LogP contribution in [0.1, 0.15) is 15.9 Å². The summed E-state index contributed by atoms with van der Waals surface area (Å²) in [4.78, 5) is 11.1. The van der Waals surface area contributed by atoms with E-state index >= 15 is 0 Å². The smallest absolute Gasteiger partial charge is 0.337 e. The van der Waals surface area contributed by atoms with Gasteiger partial charge >= 0.3 is 5.97 Å². The van der Waals surface area contributed by atoms with E-state index in [2.05, 4.69) is 9.82 Å². The highest BCUT2D eigenvalue weighted by atomic mass is 32.2. The van der Waals surface area contributed by atoms with Gasteiger partial charge in [-0.15, -0.1) is 0 Å². The first-order chi connectivity index (χ1) is 9.29. The number of aromatic carboxylic acids is 1. The molecule has 1 heterocycles. The molecule has 0 atom stereocenters. The van der Waals surface area contributed by atoms with Gasteiger partial charge in [-0.2, -0.15) is 5.10 Å². The molecule has 2 N–H and O–H groups in total. The first kappa shape index (κ1) is 14.1. The average Bonchev–Trinajstić information content (AvgIpc) is 2.78. The molecule has 2 rings (SSSR count). The van der Waals surface area contributed by atoms with Gasteiger partial charge in [-0.25, -0.2) is 13.2 Å². The van der Waals surface area contributed by atoms with Crippen LogP contribution in [0, 0.1) is 6.92 Å². The molecule has 0 aliphatic heterocycles. The second kappa shape index (κ2) is 4.97. The SMILES string of the molecule is Cc1ccc(NS(=O)(=O)c2cnn(C)c2)c(C(=O)O)c1. The third-order valence-electron chi connectivity index (χ3n) is 2.64. The summed E-state index contributed by atoms with van der Waals surface area (Å²) in [5.41, 5.74) is 0.649. The maximum Gasteiger partial charge on any atom is 0.337 e. The molecule has 0 aliphatic rings. The van der Waals surface area contributed by atoms with Gasteiger partial charge in [-0.1, -0.05) is 11.6 Å². The van der Waals surface area contributed by atoms with Crippen LogP contribution in [0.5, 0.6) is 0 Å². The van der Waals surface area contributed by atoms with Crippen molar-refractivity contribution < 1.29 is 18.3 Å². The Labute approximate surface area is 115 Å². The van der Waals surface area contributed by atoms with Crippen molar-refractivity contribution in [3.63, 3.8) is 0 Å². The van der Waals surface area contributed by atoms with E-state index in [1.807, 2.05) is 0 Å². The van der Waals surface area contributed by atoms with Gasteiger partial charge in [0, 0.05) is 13.2 Å². The molecule has 0 fully saturated rings. The zero-order valence-electron chi connectivity index (χ0n) is 10.9. The van der Waals surface area contributed by atoms with Gasteiger partial charge in [-0.05, 0) is 19.1 Å². The monoisotopic (exact) mass is 295 g/mol. The molecule has 0 saturated carbocycles. The third-order valence-corrected chi connectivity index (χ3v) is 3.96. The predicted octanol–water partition coefficient (Wildman–Crippen LogP) is 1.23. The molecule has 0 aliphatic carbocycles. The topological polar surface area (TPSA) is 101 Å². The molecule has 106 valence electrons. The summed E-state index contributed by atoms with van der Waals surface area (Å²) in [5.74, 6) is -1.20. The van der Waals surface area contributed by atoms with Crippen molar-refractivity contribution in [3.05, 3.63) is 41.7 Å². The number of nitrogens with one attached hydrogen (secondary N) is 1. The molecule has 0 bridgehead atoms. The second-order valence-electron chi connectivity index (χ2n) is 4.31. The fourth-order valence-electron chi connectivity index (χ4n) is 1.67. The Kier molecular flexibility index (Phi) is 3.49. The molecule has 1 aromatic heterocycles. The molecule has 0 spiro atoms. The maximum atomic E-state index is 12.1. The number of carboxylic acids is 1. The maximum absolute atomic E-state index is 12.1. The Morgan fingerprint density at radius 2 is 2.10 bits per heavy atom. The van der Waals surface area contributed by atoms with Gasteiger partial charge in [0.1, 0.15) is 4.90 Å². The van der Waals surface area contributed by atoms with E-state index in [1.54, 1.807) is 20.0 Å². The highest BCUT2D eigenvalue weighted by molar-refractivity contribution is 7.92. The van der Waals surface area contributed by atoms with Crippen LogP contribution >= 0.6 is 0 Å². The average molecular weight is 295 g/mol. The third kappa shape index (κ3) is 2.80. The van der Waals surface area contributed by atoms with E-state index in [-0.39, 0.29) is 16.1 Å². The number of aryl methyl sites for hydroxylation is 2. The van der Waals surface area contributed by atoms with Gasteiger partial charge < -0.3 is 5.11 Å². The Morgan fingerprint density at radius 3 is 2.65 bits per heavy atom. The van der Waals surface area contributed by atoms with Crippen LogP contribution in [0.2, 0.25) is 0 Å². The summed E-state index contributed by atoms with van der Waals surface area (Å²) in [6, 6.07) is 4.46. The lowest BCUT2D eigenvalue weighted by atomic mass is 10.1. The summed E-state index contributed by atoms with van der Waals surface area (Å²) in [6.07, 6.45) is 2.52. The van der Waals surface area contributed by atoms with Crippen molar-refractivity contribution in [1.82, 2.24) is 9.78 Å². The fourth-order valence-corrected chi connectivity index (χ4v) is 2.73. The van der Waals surface area contributed by atoms with Crippen LogP contribution in [0.25, 0.3) is 0 Å². The van der Waals surface area contributed by atoms with E-state index in [0.717, 1.165) is 5.56 Å². The number of sulfonamides is 1. The fraction of sp³-hybridized carbons (Fsp3) is 0.167. The molecule has 0 saturated heterocycles. The highest BCUT2D eigenvalue weighted by Gasteiger charge is 2.19. The largest absolute Gasteiger partial charge is 0.478 e. The molecule has 0 unspecified atom stereocenters. The minimum Gasteiger partial charge on any atom is -0.478 e. The number of hydrogen-bond acceptors (Lipinski definition) is 4. The number of aromatic nitrogens is 2. The molecular formula is C12H13N3O4S. The van der Waals surface area contributed by atoms with Gasteiger partial charge in [0.2, 0.25) is 0 Å². The van der Waals surface area contributed by atoms with Crippen LogP contribution < -0.4 is 4.72 Å². The lowest BCUT2D eigenvalue weighted by Gasteiger charge is -2.09. The van der Waals surface area contributed by atoms with E-state index < -0.39 is 16.0 Å². The zero-order valence-corrected chi connectivity index (χ0v) is 11.7. The molecule has 1 aromatic carbocycles. The van der Waals surface area contributed by atoms with Crippen molar-refractivity contribution in [3.8, 4) is 0 Å². The molecule has 2 aromatic rings. The highest BCUT2D eigenvalue weighted by Crippen LogP contribution is 2.21. The summed E-state index contributed by atoms with van der Waals surface area (Å²) in [6.45, 7) is 1.73. The van der Waals surface area contributed by atoms with Crippen LogP contribution in [0.4, 0.5) is 5.69 Å². The van der Waals surface area contributed by atoms with Crippen LogP contribution in [-0.2, 0) is 17.1 Å². The van der Waals surface area contributed by atoms with Gasteiger partial charge in [0.05, 0.1) is 17.4 Å². The molecule has 8 heteroatoms. The van der Waals surface area contributed by atoms with Crippen molar-refractivity contribution in [2.75, 3.05) is 4.72 Å². The van der Waals surface area contributed by atoms with E-state index in [1.165, 1.54) is 29.2 Å². The van der Waals surface area contributed by atoms with Crippen LogP contribution in [0.3, 0.4) is 0 Å². The predicted molar refractivity (Wildman–Crippen MR) is 72.2 cm³/mol. The lowest BCUT2D eigenvalue weighted by molar-refractivity contribution is 0.0698. The Morgan fingerprint density at radius 1 is 1.40 bits per heavy atom.